The molecule has 4 aromatic rings. The van der Waals surface area contributed by atoms with E-state index in [0.29, 0.717) is 71.5 Å². The third kappa shape index (κ3) is 18.7. The number of rotatable bonds is 16. The number of anilines is 2. The van der Waals surface area contributed by atoms with E-state index in [-0.39, 0.29) is 65.9 Å². The number of phosphoric ester groups is 1. The van der Waals surface area contributed by atoms with Crippen LogP contribution >= 0.6 is 30.5 Å². The zero-order chi connectivity index (χ0) is 59.2. The van der Waals surface area contributed by atoms with Crippen molar-refractivity contribution in [2.45, 2.75) is 196 Å². The number of amides is 2. The molecule has 2 heterocycles. The molecule has 4 fully saturated rings. The van der Waals surface area contributed by atoms with Crippen LogP contribution in [0.3, 0.4) is 0 Å². The second kappa shape index (κ2) is 29.6. The molecule has 8 rings (SSSR count). The summed E-state index contributed by atoms with van der Waals surface area (Å²) in [5, 5.41) is 10.0. The van der Waals surface area contributed by atoms with Gasteiger partial charge in [-0.15, -0.1) is 22.7 Å². The first-order chi connectivity index (χ1) is 39.0. The van der Waals surface area contributed by atoms with E-state index in [4.69, 9.17) is 23.0 Å². The maximum Gasteiger partial charge on any atom is 0.475 e. The number of thiophene rings is 2. The molecular formula is C66H87N2O11PS2. The molecule has 2 aromatic heterocycles. The Morgan fingerprint density at radius 1 is 0.561 bits per heavy atom. The molecule has 2 amide bonds. The number of nitrogens with zero attached hydrogens (tertiary/aromatic N) is 2. The van der Waals surface area contributed by atoms with Crippen LogP contribution in [0.1, 0.15) is 198 Å². The zero-order valence-corrected chi connectivity index (χ0v) is 52.5. The van der Waals surface area contributed by atoms with E-state index < -0.39 is 25.9 Å². The molecule has 2 aromatic carbocycles. The van der Waals surface area contributed by atoms with Gasteiger partial charge in [-0.1, -0.05) is 98.2 Å². The Morgan fingerprint density at radius 2 is 0.927 bits per heavy atom. The molecule has 4 saturated carbocycles. The summed E-state index contributed by atoms with van der Waals surface area (Å²) >= 11 is 2.57. The van der Waals surface area contributed by atoms with Crippen molar-refractivity contribution in [2.24, 2.45) is 34.5 Å². The van der Waals surface area contributed by atoms with Gasteiger partial charge in [0.25, 0.3) is 0 Å². The summed E-state index contributed by atoms with van der Waals surface area (Å²) in [6, 6.07) is 22.6. The number of aliphatic hydroxyl groups is 1. The number of hydrogen-bond donors (Lipinski definition) is 1. The zero-order valence-electron chi connectivity index (χ0n) is 50.0. The molecule has 13 nitrogen and oxygen atoms in total. The third-order valence-corrected chi connectivity index (χ3v) is 19.3. The Morgan fingerprint density at radius 3 is 1.28 bits per heavy atom. The average molecular weight is 1180 g/mol. The fourth-order valence-corrected chi connectivity index (χ4v) is 14.3. The number of methoxy groups -OCH3 is 2. The molecule has 82 heavy (non-hydrogen) atoms. The van der Waals surface area contributed by atoms with Gasteiger partial charge in [-0.3, -0.25) is 23.2 Å². The maximum absolute atomic E-state index is 14.5. The van der Waals surface area contributed by atoms with E-state index in [9.17, 15) is 28.8 Å². The lowest BCUT2D eigenvalue weighted by Gasteiger charge is -2.39. The van der Waals surface area contributed by atoms with Gasteiger partial charge in [0.1, 0.15) is 9.75 Å². The van der Waals surface area contributed by atoms with Gasteiger partial charge in [0.2, 0.25) is 11.8 Å². The highest BCUT2D eigenvalue weighted by Crippen LogP contribution is 2.54. The van der Waals surface area contributed by atoms with E-state index in [2.05, 4.69) is 37.5 Å². The molecule has 0 spiro atoms. The van der Waals surface area contributed by atoms with Gasteiger partial charge in [0, 0.05) is 34.7 Å². The van der Waals surface area contributed by atoms with Crippen molar-refractivity contribution in [2.75, 3.05) is 24.0 Å². The molecule has 0 saturated heterocycles. The molecular weight excluding hydrogens is 1090 g/mol. The Balaban J connectivity index is 0.000000260. The van der Waals surface area contributed by atoms with Crippen LogP contribution in [0, 0.1) is 58.2 Å². The first kappa shape index (κ1) is 64.5. The first-order valence-corrected chi connectivity index (χ1v) is 32.6. The highest BCUT2D eigenvalue weighted by Gasteiger charge is 2.41. The lowest BCUT2D eigenvalue weighted by Crippen LogP contribution is -2.47. The minimum atomic E-state index is -3.97. The van der Waals surface area contributed by atoms with Crippen molar-refractivity contribution in [3.63, 3.8) is 0 Å². The normalized spacial score (nSPS) is 23.1. The van der Waals surface area contributed by atoms with Gasteiger partial charge >= 0.3 is 19.8 Å². The van der Waals surface area contributed by atoms with E-state index in [1.807, 2.05) is 124 Å². The van der Waals surface area contributed by atoms with Crippen LogP contribution in [0.2, 0.25) is 0 Å². The Kier molecular flexibility index (Phi) is 23.3. The van der Waals surface area contributed by atoms with Crippen LogP contribution in [0.5, 0.6) is 0 Å². The minimum Gasteiger partial charge on any atom is -0.465 e. The number of carbonyl (C=O) groups is 4. The molecule has 0 aliphatic heterocycles. The van der Waals surface area contributed by atoms with E-state index in [0.717, 1.165) is 85.1 Å². The lowest BCUT2D eigenvalue weighted by molar-refractivity contribution is -0.125. The topological polar surface area (TPSA) is 158 Å². The molecule has 1 N–H and O–H groups in total. The summed E-state index contributed by atoms with van der Waals surface area (Å²) in [4.78, 5) is 60.2. The monoisotopic (exact) mass is 1180 g/mol. The van der Waals surface area contributed by atoms with Crippen LogP contribution in [0.25, 0.3) is 0 Å². The molecule has 0 atom stereocenters. The predicted octanol–water partition coefficient (Wildman–Crippen LogP) is 15.4. The van der Waals surface area contributed by atoms with Crippen LogP contribution < -0.4 is 9.80 Å². The number of esters is 2. The lowest BCUT2D eigenvalue weighted by atomic mass is 9.81. The number of phosphoric acid groups is 1. The molecule has 0 bridgehead atoms. The van der Waals surface area contributed by atoms with Gasteiger partial charge in [-0.05, 0) is 179 Å². The fourth-order valence-electron chi connectivity index (χ4n) is 11.1. The van der Waals surface area contributed by atoms with Crippen LogP contribution in [0.4, 0.5) is 11.4 Å². The summed E-state index contributed by atoms with van der Waals surface area (Å²) in [5.74, 6) is 13.3. The predicted molar refractivity (Wildman–Crippen MR) is 327 cm³/mol. The van der Waals surface area contributed by atoms with Gasteiger partial charge in [-0.2, -0.15) is 0 Å². The van der Waals surface area contributed by atoms with Crippen molar-refractivity contribution >= 4 is 65.6 Å². The molecule has 0 unspecified atom stereocenters. The maximum atomic E-state index is 14.5. The SMILES string of the molecule is COC(=O)c1sc(C#CC(C)(C)C)cc1N(C(=O)C1CCC(C)CC1)C1CCC(O)CC1.COC(=O)c1sc(C#CC(C)(C)C)cc1N(C(=O)C1CCC(C)CC1)C1CCC(OP(=O)(OCc2ccccc2)OCc2ccccc2)CC1. The van der Waals surface area contributed by atoms with Gasteiger partial charge in [0.05, 0.1) is 60.8 Å². The van der Waals surface area contributed by atoms with Crippen molar-refractivity contribution in [1.82, 2.24) is 0 Å². The molecule has 16 heteroatoms. The van der Waals surface area contributed by atoms with Crippen molar-refractivity contribution in [1.29, 1.82) is 0 Å². The number of carbonyl (C=O) groups excluding carboxylic acids is 4. The second-order valence-corrected chi connectivity index (χ2v) is 28.7. The largest absolute Gasteiger partial charge is 0.475 e. The molecule has 4 aliphatic rings. The summed E-state index contributed by atoms with van der Waals surface area (Å²) in [6.07, 6.45) is 11.9. The van der Waals surface area contributed by atoms with Crippen LogP contribution in [-0.2, 0) is 50.4 Å². The summed E-state index contributed by atoms with van der Waals surface area (Å²) < 4.78 is 42.4. The second-order valence-electron chi connectivity index (χ2n) is 24.9. The Hall–Kier alpha value is -5.09. The summed E-state index contributed by atoms with van der Waals surface area (Å²) in [6.45, 7) is 16.9. The van der Waals surface area contributed by atoms with E-state index >= 15 is 0 Å². The van der Waals surface area contributed by atoms with E-state index in [1.54, 1.807) is 0 Å². The Labute approximate surface area is 496 Å². The number of benzene rings is 2. The summed E-state index contributed by atoms with van der Waals surface area (Å²) in [7, 11) is -1.23. The minimum absolute atomic E-state index is 0.0208. The highest BCUT2D eigenvalue weighted by molar-refractivity contribution is 7.48. The number of ether oxygens (including phenoxy) is 2. The Bertz CT molecular complexity index is 2880. The summed E-state index contributed by atoms with van der Waals surface area (Å²) in [5.41, 5.74) is 2.53. The standard InChI is InChI=1S/C40H50NO7PS.C26H37NO4S/c1-29-16-18-32(19-17-29)38(42)41(36-26-35(24-25-40(2,3)4)50-37(36)39(43)45-5)33-20-22-34(23-21-33)48-49(44,46-27-30-12-8-6-9-13-30)47-28-31-14-10-7-11-15-31;1-17-6-8-18(9-7-17)24(29)27(19-10-12-20(28)13-11-19)22-16-21(14-15-26(2,3)4)32-23(22)25(30)31-5/h6-15,26,29,32-34H,16-23,27-28H2,1-5H3;16-20,28H,6-13H2,1-5H3. The van der Waals surface area contributed by atoms with Crippen LogP contribution in [0.15, 0.2) is 72.8 Å². The van der Waals surface area contributed by atoms with Crippen molar-refractivity contribution in [3.05, 3.63) is 103 Å². The highest BCUT2D eigenvalue weighted by atomic mass is 32.1. The van der Waals surface area contributed by atoms with Gasteiger partial charge < -0.3 is 24.4 Å². The quantitative estimate of drug-likeness (QED) is 0.0646. The van der Waals surface area contributed by atoms with Gasteiger partial charge in [-0.25, -0.2) is 14.2 Å². The fraction of sp³-hybridized carbons (Fsp3) is 0.576. The van der Waals surface area contributed by atoms with Crippen LogP contribution in [-0.4, -0.2) is 67.4 Å². The van der Waals surface area contributed by atoms with Crippen molar-refractivity contribution < 1.29 is 51.9 Å². The average Bonchev–Trinajstić information content (AvgIpc) is 4.22. The smallest absolute Gasteiger partial charge is 0.465 e. The molecule has 4 aliphatic carbocycles. The van der Waals surface area contributed by atoms with Crippen molar-refractivity contribution in [3.8, 4) is 23.7 Å². The number of aliphatic hydroxyl groups excluding tert-OH is 1. The van der Waals surface area contributed by atoms with E-state index in [1.165, 1.54) is 36.9 Å². The first-order valence-electron chi connectivity index (χ1n) is 29.5. The number of hydrogen-bond acceptors (Lipinski definition) is 13. The molecule has 0 radical (unpaired) electrons. The molecule has 444 valence electrons. The third-order valence-electron chi connectivity index (χ3n) is 15.8. The van der Waals surface area contributed by atoms with Gasteiger partial charge in [0.15, 0.2) is 0 Å².